The predicted molar refractivity (Wildman–Crippen MR) is 132 cm³/mol. The minimum atomic E-state index is 0.0194. The van der Waals surface area contributed by atoms with E-state index in [1.165, 1.54) is 14.6 Å². The van der Waals surface area contributed by atoms with Gasteiger partial charge in [0.2, 0.25) is 0 Å². The number of carbonyl (C=O) groups excluding carboxylic acids is 1. The number of nitrogens with zero attached hydrogens (tertiary/aromatic N) is 4. The minimum absolute atomic E-state index is 0.0194. The first-order chi connectivity index (χ1) is 16.1. The van der Waals surface area contributed by atoms with Crippen LogP contribution in [-0.2, 0) is 0 Å². The number of thiophene rings is 1. The normalized spacial score (nSPS) is 15.0. The highest BCUT2D eigenvalue weighted by atomic mass is 32.1. The smallest absolute Gasteiger partial charge is 0.259 e. The van der Waals surface area contributed by atoms with Gasteiger partial charge in [-0.25, -0.2) is 9.97 Å². The van der Waals surface area contributed by atoms with Gasteiger partial charge in [0.25, 0.3) is 11.6 Å². The number of rotatable bonds is 3. The van der Waals surface area contributed by atoms with E-state index in [1.807, 2.05) is 30.0 Å². The zero-order valence-corrected chi connectivity index (χ0v) is 20.0. The molecule has 5 aromatic rings. The maximum absolute atomic E-state index is 13.7. The van der Waals surface area contributed by atoms with Crippen LogP contribution in [0.5, 0.6) is 0 Å². The molecule has 8 heteroatoms. The number of fused-ring (bicyclic) bond motifs is 2. The fourth-order valence-corrected chi connectivity index (χ4v) is 6.49. The minimum Gasteiger partial charge on any atom is -0.339 e. The fraction of sp³-hybridized carbons (Fsp3) is 0.280. The molecule has 0 unspecified atom stereocenters. The van der Waals surface area contributed by atoms with Crippen molar-refractivity contribution in [3.05, 3.63) is 63.6 Å². The van der Waals surface area contributed by atoms with Crippen molar-refractivity contribution in [3.63, 3.8) is 0 Å². The van der Waals surface area contributed by atoms with Gasteiger partial charge in [0, 0.05) is 23.9 Å². The number of pyridine rings is 1. The van der Waals surface area contributed by atoms with Crippen molar-refractivity contribution < 1.29 is 9.32 Å². The number of piperidine rings is 1. The second-order valence-electron chi connectivity index (χ2n) is 8.50. The summed E-state index contributed by atoms with van der Waals surface area (Å²) in [5.41, 5.74) is 3.56. The summed E-state index contributed by atoms with van der Waals surface area (Å²) >= 11 is 3.43. The summed E-state index contributed by atoms with van der Waals surface area (Å²) in [5.74, 6) is 0.414. The topological polar surface area (TPSA) is 72.1 Å². The van der Waals surface area contributed by atoms with E-state index in [0.29, 0.717) is 41.4 Å². The lowest BCUT2D eigenvalue weighted by Gasteiger charge is -2.31. The molecule has 0 spiro atoms. The van der Waals surface area contributed by atoms with Gasteiger partial charge in [0.1, 0.15) is 0 Å². The highest BCUT2D eigenvalue weighted by Gasteiger charge is 2.29. The van der Waals surface area contributed by atoms with Crippen LogP contribution in [-0.4, -0.2) is 39.0 Å². The molecule has 6 rings (SSSR count). The lowest BCUT2D eigenvalue weighted by molar-refractivity contribution is 0.0715. The molecule has 0 aliphatic carbocycles. The first kappa shape index (κ1) is 20.5. The van der Waals surface area contributed by atoms with Crippen molar-refractivity contribution in [2.75, 3.05) is 13.1 Å². The van der Waals surface area contributed by atoms with Gasteiger partial charge < -0.3 is 9.42 Å². The molecule has 0 N–H and O–H groups in total. The molecule has 1 fully saturated rings. The van der Waals surface area contributed by atoms with Crippen molar-refractivity contribution in [1.82, 2.24) is 20.0 Å². The van der Waals surface area contributed by atoms with Crippen LogP contribution < -0.4 is 0 Å². The number of hydrogen-bond acceptors (Lipinski definition) is 7. The Bertz CT molecular complexity index is 1460. The van der Waals surface area contributed by atoms with E-state index in [1.54, 1.807) is 22.7 Å². The van der Waals surface area contributed by atoms with Crippen molar-refractivity contribution in [2.45, 2.75) is 32.6 Å². The SMILES string of the molecule is Cc1ccc(-c2cc(C(=O)N3CCC(c4nc5ccccc5s4)CC3)c3c(C)noc3n2)s1. The molecule has 5 heterocycles. The summed E-state index contributed by atoms with van der Waals surface area (Å²) in [7, 11) is 0. The molecule has 1 aliphatic rings. The van der Waals surface area contributed by atoms with Crippen LogP contribution in [0.4, 0.5) is 0 Å². The summed E-state index contributed by atoms with van der Waals surface area (Å²) < 4.78 is 6.69. The average molecular weight is 475 g/mol. The average Bonchev–Trinajstić information content (AvgIpc) is 3.56. The molecule has 6 nitrogen and oxygen atoms in total. The van der Waals surface area contributed by atoms with Crippen LogP contribution in [0, 0.1) is 13.8 Å². The zero-order valence-electron chi connectivity index (χ0n) is 18.4. The lowest BCUT2D eigenvalue weighted by atomic mass is 9.96. The summed E-state index contributed by atoms with van der Waals surface area (Å²) in [6.07, 6.45) is 1.83. The van der Waals surface area contributed by atoms with E-state index in [-0.39, 0.29) is 5.91 Å². The van der Waals surface area contributed by atoms with Gasteiger partial charge in [0.15, 0.2) is 0 Å². The molecule has 0 bridgehead atoms. The number of benzene rings is 1. The Hall–Kier alpha value is -3.10. The van der Waals surface area contributed by atoms with Gasteiger partial charge >= 0.3 is 0 Å². The lowest BCUT2D eigenvalue weighted by Crippen LogP contribution is -2.38. The number of thiazole rings is 1. The molecule has 1 saturated heterocycles. The summed E-state index contributed by atoms with van der Waals surface area (Å²) in [4.78, 5) is 27.3. The first-order valence-corrected chi connectivity index (χ1v) is 12.7. The third kappa shape index (κ3) is 3.63. The van der Waals surface area contributed by atoms with E-state index < -0.39 is 0 Å². The third-order valence-electron chi connectivity index (χ3n) is 6.28. The zero-order chi connectivity index (χ0) is 22.5. The van der Waals surface area contributed by atoms with Crippen LogP contribution in [0.1, 0.15) is 44.7 Å². The second-order valence-corrected chi connectivity index (χ2v) is 10.8. The summed E-state index contributed by atoms with van der Waals surface area (Å²) in [6.45, 7) is 5.34. The third-order valence-corrected chi connectivity index (χ3v) is 8.50. The van der Waals surface area contributed by atoms with E-state index in [2.05, 4.69) is 41.3 Å². The largest absolute Gasteiger partial charge is 0.339 e. The van der Waals surface area contributed by atoms with E-state index in [0.717, 1.165) is 28.9 Å². The molecular formula is C25H22N4O2S2. The van der Waals surface area contributed by atoms with Gasteiger partial charge in [-0.2, -0.15) is 0 Å². The van der Waals surface area contributed by atoms with Crippen LogP contribution in [0.15, 0.2) is 47.0 Å². The molecule has 1 aromatic carbocycles. The Morgan fingerprint density at radius 2 is 1.88 bits per heavy atom. The predicted octanol–water partition coefficient (Wildman–Crippen LogP) is 6.20. The monoisotopic (exact) mass is 474 g/mol. The molecular weight excluding hydrogens is 452 g/mol. The van der Waals surface area contributed by atoms with Crippen molar-refractivity contribution in [2.24, 2.45) is 0 Å². The van der Waals surface area contributed by atoms with Gasteiger partial charge in [-0.3, -0.25) is 4.79 Å². The fourth-order valence-electron chi connectivity index (χ4n) is 4.53. The molecule has 1 aliphatic heterocycles. The Labute approximate surface area is 198 Å². The van der Waals surface area contributed by atoms with Gasteiger partial charge in [-0.15, -0.1) is 22.7 Å². The number of likely N-dealkylation sites (tertiary alicyclic amines) is 1. The van der Waals surface area contributed by atoms with Crippen molar-refractivity contribution in [1.29, 1.82) is 0 Å². The maximum atomic E-state index is 13.7. The Morgan fingerprint density at radius 1 is 1.06 bits per heavy atom. The standard InChI is InChI=1S/C25H22N4O2S2/c1-14-7-8-21(32-14)19-13-17(22-15(2)28-31-23(22)26-19)25(30)29-11-9-16(10-12-29)24-27-18-5-3-4-6-20(18)33-24/h3-8,13,16H,9-12H2,1-2H3. The molecule has 1 amide bonds. The van der Waals surface area contributed by atoms with E-state index in [9.17, 15) is 4.79 Å². The second kappa shape index (κ2) is 8.04. The number of hydrogen-bond donors (Lipinski definition) is 0. The van der Waals surface area contributed by atoms with Gasteiger partial charge in [-0.1, -0.05) is 17.3 Å². The number of para-hydroxylation sites is 1. The van der Waals surface area contributed by atoms with Crippen LogP contribution in [0.2, 0.25) is 0 Å². The van der Waals surface area contributed by atoms with Crippen LogP contribution in [0.3, 0.4) is 0 Å². The van der Waals surface area contributed by atoms with Gasteiger partial charge in [0.05, 0.1) is 42.4 Å². The molecule has 0 saturated carbocycles. The molecule has 0 radical (unpaired) electrons. The van der Waals surface area contributed by atoms with Gasteiger partial charge in [-0.05, 0) is 57.0 Å². The number of amides is 1. The number of carbonyl (C=O) groups is 1. The Balaban J connectivity index is 1.28. The summed E-state index contributed by atoms with van der Waals surface area (Å²) in [5, 5.41) is 5.98. The van der Waals surface area contributed by atoms with Crippen molar-refractivity contribution >= 4 is 49.9 Å². The highest BCUT2D eigenvalue weighted by molar-refractivity contribution is 7.18. The number of aromatic nitrogens is 3. The Morgan fingerprint density at radius 3 is 2.64 bits per heavy atom. The van der Waals surface area contributed by atoms with Crippen molar-refractivity contribution in [3.8, 4) is 10.6 Å². The van der Waals surface area contributed by atoms with Crippen LogP contribution >= 0.6 is 22.7 Å². The van der Waals surface area contributed by atoms with E-state index in [4.69, 9.17) is 9.51 Å². The molecule has 166 valence electrons. The Kier molecular flexibility index (Phi) is 4.99. The van der Waals surface area contributed by atoms with Crippen LogP contribution in [0.25, 0.3) is 31.9 Å². The summed E-state index contributed by atoms with van der Waals surface area (Å²) in [6, 6.07) is 14.3. The quantitative estimate of drug-likeness (QED) is 0.311. The molecule has 4 aromatic heterocycles. The number of aryl methyl sites for hydroxylation is 2. The maximum Gasteiger partial charge on any atom is 0.259 e. The molecule has 0 atom stereocenters. The van der Waals surface area contributed by atoms with E-state index >= 15 is 0 Å². The first-order valence-electron chi connectivity index (χ1n) is 11.1. The highest BCUT2D eigenvalue weighted by Crippen LogP contribution is 2.36. The molecule has 33 heavy (non-hydrogen) atoms.